The van der Waals surface area contributed by atoms with Crippen LogP contribution in [0.15, 0.2) is 29.1 Å². The minimum atomic E-state index is -0.358. The number of H-pyrrole nitrogens is 1. The third kappa shape index (κ3) is 3.07. The van der Waals surface area contributed by atoms with Crippen LogP contribution in [0.5, 0.6) is 5.75 Å². The van der Waals surface area contributed by atoms with Gasteiger partial charge in [-0.3, -0.25) is 9.59 Å². The Kier molecular flexibility index (Phi) is 4.07. The van der Waals surface area contributed by atoms with E-state index in [0.29, 0.717) is 34.3 Å². The molecular weight excluding hydrogens is 316 g/mol. The van der Waals surface area contributed by atoms with Gasteiger partial charge in [0.25, 0.3) is 11.5 Å². The fraction of sp³-hybridized carbons (Fsp3) is 0.200. The number of nitrogens with zero attached hydrogens (tertiary/aromatic N) is 2. The summed E-state index contributed by atoms with van der Waals surface area (Å²) in [7, 11) is 0. The minimum Gasteiger partial charge on any atom is -0.494 e. The van der Waals surface area contributed by atoms with Gasteiger partial charge in [0.05, 0.1) is 6.61 Å². The molecule has 0 aliphatic rings. The standard InChI is InChI=1S/C15H14N4O3S/c1-3-22-10-6-4-5-9(7-10)18-15(21)13-11-12(19-23-13)14(20)17-8(2)16-11/h4-7H,3H2,1-2H3,(H,18,21)(H,16,17,20). The van der Waals surface area contributed by atoms with Crippen molar-refractivity contribution in [1.29, 1.82) is 0 Å². The predicted octanol–water partition coefficient (Wildman–Crippen LogP) is 2.34. The normalized spacial score (nSPS) is 10.7. The van der Waals surface area contributed by atoms with Crippen molar-refractivity contribution < 1.29 is 9.53 Å². The van der Waals surface area contributed by atoms with Gasteiger partial charge in [0.1, 0.15) is 22.0 Å². The van der Waals surface area contributed by atoms with Crippen molar-refractivity contribution in [3.05, 3.63) is 45.3 Å². The van der Waals surface area contributed by atoms with Crippen molar-refractivity contribution in [2.45, 2.75) is 13.8 Å². The Bertz CT molecular complexity index is 932. The van der Waals surface area contributed by atoms with Crippen LogP contribution in [0.3, 0.4) is 0 Å². The molecule has 3 aromatic rings. The lowest BCUT2D eigenvalue weighted by Gasteiger charge is -2.07. The van der Waals surface area contributed by atoms with E-state index in [4.69, 9.17) is 4.74 Å². The number of nitrogens with one attached hydrogen (secondary N) is 2. The number of hydrogen-bond acceptors (Lipinski definition) is 6. The Morgan fingerprint density at radius 1 is 1.39 bits per heavy atom. The van der Waals surface area contributed by atoms with Crippen molar-refractivity contribution in [3.8, 4) is 5.75 Å². The number of aryl methyl sites for hydroxylation is 1. The van der Waals surface area contributed by atoms with Gasteiger partial charge in [0.2, 0.25) is 0 Å². The highest BCUT2D eigenvalue weighted by Crippen LogP contribution is 2.21. The lowest BCUT2D eigenvalue weighted by Crippen LogP contribution is -2.13. The van der Waals surface area contributed by atoms with Gasteiger partial charge in [-0.25, -0.2) is 4.98 Å². The average Bonchev–Trinajstić information content (AvgIpc) is 2.92. The summed E-state index contributed by atoms with van der Waals surface area (Å²) in [5.74, 6) is 0.753. The van der Waals surface area contributed by atoms with Crippen molar-refractivity contribution >= 4 is 34.2 Å². The molecule has 7 nitrogen and oxygen atoms in total. The second-order valence-electron chi connectivity index (χ2n) is 4.78. The van der Waals surface area contributed by atoms with Crippen molar-refractivity contribution in [2.75, 3.05) is 11.9 Å². The highest BCUT2D eigenvalue weighted by molar-refractivity contribution is 7.09. The van der Waals surface area contributed by atoms with Gasteiger partial charge in [0, 0.05) is 11.8 Å². The Balaban J connectivity index is 1.92. The number of carbonyl (C=O) groups excluding carboxylic acids is 1. The minimum absolute atomic E-state index is 0.175. The Labute approximate surface area is 135 Å². The SMILES string of the molecule is CCOc1cccc(NC(=O)c2snc3c(=O)[nH]c(C)nc23)c1. The molecule has 0 aliphatic carbocycles. The summed E-state index contributed by atoms with van der Waals surface area (Å²) in [6.45, 7) is 4.09. The lowest BCUT2D eigenvalue weighted by molar-refractivity contribution is 0.103. The summed E-state index contributed by atoms with van der Waals surface area (Å²) in [6, 6.07) is 7.09. The second kappa shape index (κ2) is 6.17. The number of rotatable bonds is 4. The van der Waals surface area contributed by atoms with Crippen LogP contribution in [0, 0.1) is 6.92 Å². The Hall–Kier alpha value is -2.74. The number of aromatic nitrogens is 3. The van der Waals surface area contributed by atoms with Gasteiger partial charge in [-0.05, 0) is 37.5 Å². The molecule has 23 heavy (non-hydrogen) atoms. The number of anilines is 1. The fourth-order valence-electron chi connectivity index (χ4n) is 2.12. The summed E-state index contributed by atoms with van der Waals surface area (Å²) < 4.78 is 9.42. The van der Waals surface area contributed by atoms with Crippen LogP contribution in [0.25, 0.3) is 11.0 Å². The maximum atomic E-state index is 12.4. The predicted molar refractivity (Wildman–Crippen MR) is 88.3 cm³/mol. The zero-order chi connectivity index (χ0) is 16.4. The first-order chi connectivity index (χ1) is 11.1. The lowest BCUT2D eigenvalue weighted by atomic mass is 10.3. The summed E-state index contributed by atoms with van der Waals surface area (Å²) in [5, 5.41) is 2.77. The molecule has 2 aromatic heterocycles. The van der Waals surface area contributed by atoms with E-state index in [1.54, 1.807) is 25.1 Å². The molecule has 2 heterocycles. The van der Waals surface area contributed by atoms with Gasteiger partial charge in [-0.2, -0.15) is 4.37 Å². The number of benzene rings is 1. The molecule has 3 rings (SSSR count). The van der Waals surface area contributed by atoms with E-state index in [1.807, 2.05) is 13.0 Å². The van der Waals surface area contributed by atoms with Gasteiger partial charge >= 0.3 is 0 Å². The Morgan fingerprint density at radius 2 is 2.22 bits per heavy atom. The number of amides is 1. The van der Waals surface area contributed by atoms with Crippen LogP contribution in [-0.2, 0) is 0 Å². The largest absolute Gasteiger partial charge is 0.494 e. The highest BCUT2D eigenvalue weighted by Gasteiger charge is 2.18. The summed E-state index contributed by atoms with van der Waals surface area (Å²) >= 11 is 0.952. The summed E-state index contributed by atoms with van der Waals surface area (Å²) in [4.78, 5) is 31.3. The fourth-order valence-corrected chi connectivity index (χ4v) is 2.84. The van der Waals surface area contributed by atoms with Crippen LogP contribution >= 0.6 is 11.5 Å². The van der Waals surface area contributed by atoms with Crippen molar-refractivity contribution in [2.24, 2.45) is 0 Å². The van der Waals surface area contributed by atoms with Gasteiger partial charge < -0.3 is 15.0 Å². The molecule has 118 valence electrons. The second-order valence-corrected chi connectivity index (χ2v) is 5.55. The zero-order valence-corrected chi connectivity index (χ0v) is 13.4. The molecule has 8 heteroatoms. The third-order valence-corrected chi connectivity index (χ3v) is 3.90. The van der Waals surface area contributed by atoms with Crippen LogP contribution in [0.2, 0.25) is 0 Å². The Morgan fingerprint density at radius 3 is 3.00 bits per heavy atom. The van der Waals surface area contributed by atoms with Crippen LogP contribution in [0.1, 0.15) is 22.4 Å². The monoisotopic (exact) mass is 330 g/mol. The first kappa shape index (κ1) is 15.2. The summed E-state index contributed by atoms with van der Waals surface area (Å²) in [6.07, 6.45) is 0. The molecular formula is C15H14N4O3S. The maximum Gasteiger partial charge on any atom is 0.278 e. The number of carbonyl (C=O) groups is 1. The molecule has 1 aromatic carbocycles. The molecule has 1 amide bonds. The number of aromatic amines is 1. The first-order valence-corrected chi connectivity index (χ1v) is 7.76. The van der Waals surface area contributed by atoms with Crippen LogP contribution in [-0.4, -0.2) is 26.9 Å². The number of hydrogen-bond donors (Lipinski definition) is 2. The molecule has 0 fully saturated rings. The smallest absolute Gasteiger partial charge is 0.278 e. The van der Waals surface area contributed by atoms with Crippen LogP contribution < -0.4 is 15.6 Å². The van der Waals surface area contributed by atoms with E-state index in [1.165, 1.54) is 0 Å². The van der Waals surface area contributed by atoms with E-state index in [2.05, 4.69) is 19.7 Å². The molecule has 0 radical (unpaired) electrons. The zero-order valence-electron chi connectivity index (χ0n) is 12.5. The van der Waals surface area contributed by atoms with Gasteiger partial charge in [-0.1, -0.05) is 6.07 Å². The average molecular weight is 330 g/mol. The van der Waals surface area contributed by atoms with Gasteiger partial charge in [-0.15, -0.1) is 0 Å². The topological polar surface area (TPSA) is 97.0 Å². The third-order valence-electron chi connectivity index (χ3n) is 3.07. The quantitative estimate of drug-likeness (QED) is 0.765. The molecule has 0 bridgehead atoms. The molecule has 2 N–H and O–H groups in total. The number of ether oxygens (including phenoxy) is 1. The molecule has 0 saturated carbocycles. The van der Waals surface area contributed by atoms with E-state index in [0.717, 1.165) is 11.5 Å². The highest BCUT2D eigenvalue weighted by atomic mass is 32.1. The molecule has 0 aliphatic heterocycles. The van der Waals surface area contributed by atoms with Gasteiger partial charge in [0.15, 0.2) is 5.52 Å². The molecule has 0 saturated heterocycles. The first-order valence-electron chi connectivity index (χ1n) is 6.99. The van der Waals surface area contributed by atoms with E-state index in [-0.39, 0.29) is 17.0 Å². The van der Waals surface area contributed by atoms with E-state index in [9.17, 15) is 9.59 Å². The van der Waals surface area contributed by atoms with Crippen molar-refractivity contribution in [3.63, 3.8) is 0 Å². The van der Waals surface area contributed by atoms with Crippen molar-refractivity contribution in [1.82, 2.24) is 14.3 Å². The number of fused-ring (bicyclic) bond motifs is 1. The van der Waals surface area contributed by atoms with Crippen LogP contribution in [0.4, 0.5) is 5.69 Å². The molecule has 0 atom stereocenters. The molecule has 0 spiro atoms. The van der Waals surface area contributed by atoms with E-state index >= 15 is 0 Å². The van der Waals surface area contributed by atoms with E-state index < -0.39 is 0 Å². The maximum absolute atomic E-state index is 12.4. The molecule has 0 unspecified atom stereocenters. The summed E-state index contributed by atoms with van der Waals surface area (Å²) in [5.41, 5.74) is 0.744.